The number of nitrogens with zero attached hydrogens (tertiary/aromatic N) is 2. The predicted octanol–water partition coefficient (Wildman–Crippen LogP) is 2.21. The molecule has 0 aliphatic rings. The number of aliphatic hydroxyl groups excluding tert-OH is 1. The van der Waals surface area contributed by atoms with Gasteiger partial charge in [-0.2, -0.15) is 0 Å². The fraction of sp³-hybridized carbons (Fsp3) is 0.700. The van der Waals surface area contributed by atoms with Gasteiger partial charge in [-0.15, -0.1) is 0 Å². The van der Waals surface area contributed by atoms with E-state index in [4.69, 9.17) is 11.6 Å². The Labute approximate surface area is 91.1 Å². The van der Waals surface area contributed by atoms with Gasteiger partial charge in [0.15, 0.2) is 0 Å². The van der Waals surface area contributed by atoms with E-state index in [1.54, 1.807) is 24.9 Å². The summed E-state index contributed by atoms with van der Waals surface area (Å²) in [6.45, 7) is 7.50. The number of aliphatic imine (C=N–C) groups is 1. The maximum atomic E-state index is 9.29. The quantitative estimate of drug-likeness (QED) is 0.580. The second-order valence-electron chi connectivity index (χ2n) is 3.57. The number of aliphatic hydroxyl groups is 1. The highest BCUT2D eigenvalue weighted by molar-refractivity contribution is 6.68. The van der Waals surface area contributed by atoms with Crippen molar-refractivity contribution in [3.05, 3.63) is 11.8 Å². The van der Waals surface area contributed by atoms with Crippen LogP contribution in [0.5, 0.6) is 0 Å². The molecule has 4 heteroatoms. The highest BCUT2D eigenvalue weighted by Gasteiger charge is 2.05. The molecule has 0 bridgehead atoms. The second kappa shape index (κ2) is 6.04. The van der Waals surface area contributed by atoms with Crippen LogP contribution >= 0.6 is 11.6 Å². The van der Waals surface area contributed by atoms with Crippen LogP contribution in [0.15, 0.2) is 16.8 Å². The van der Waals surface area contributed by atoms with Gasteiger partial charge in [0.05, 0.1) is 0 Å². The van der Waals surface area contributed by atoms with Crippen molar-refractivity contribution in [3.8, 4) is 0 Å². The van der Waals surface area contributed by atoms with E-state index in [9.17, 15) is 5.11 Å². The van der Waals surface area contributed by atoms with E-state index in [-0.39, 0.29) is 6.04 Å². The Morgan fingerprint density at radius 1 is 1.43 bits per heavy atom. The van der Waals surface area contributed by atoms with Crippen LogP contribution in [-0.2, 0) is 0 Å². The van der Waals surface area contributed by atoms with Crippen LogP contribution in [0.1, 0.15) is 27.7 Å². The van der Waals surface area contributed by atoms with Gasteiger partial charge in [0.25, 0.3) is 0 Å². The van der Waals surface area contributed by atoms with Gasteiger partial charge < -0.3 is 10.0 Å². The molecule has 0 spiro atoms. The summed E-state index contributed by atoms with van der Waals surface area (Å²) in [4.78, 5) is 5.88. The van der Waals surface area contributed by atoms with Crippen LogP contribution in [0.25, 0.3) is 0 Å². The van der Waals surface area contributed by atoms with Gasteiger partial charge in [-0.3, -0.25) is 4.99 Å². The minimum Gasteiger partial charge on any atom is -0.374 e. The molecular formula is C10H19ClN2O. The molecule has 3 nitrogen and oxygen atoms in total. The van der Waals surface area contributed by atoms with Gasteiger partial charge in [0.2, 0.25) is 0 Å². The van der Waals surface area contributed by atoms with Gasteiger partial charge in [-0.1, -0.05) is 11.6 Å². The fourth-order valence-corrected chi connectivity index (χ4v) is 1.21. The first-order valence-electron chi connectivity index (χ1n) is 4.67. The van der Waals surface area contributed by atoms with E-state index in [1.807, 2.05) is 20.8 Å². The topological polar surface area (TPSA) is 35.8 Å². The zero-order chi connectivity index (χ0) is 11.3. The third-order valence-corrected chi connectivity index (χ3v) is 2.03. The van der Waals surface area contributed by atoms with Crippen LogP contribution in [0.2, 0.25) is 0 Å². The van der Waals surface area contributed by atoms with Crippen molar-refractivity contribution >= 4 is 16.8 Å². The minimum absolute atomic E-state index is 0.184. The maximum Gasteiger partial charge on any atom is 0.125 e. The standard InChI is InChI=1S/C10H19ClN2O/c1-7(2)12-10(11)6-8(3)13(5)9(4)14/h6-7,9,14H,1-5H3/b8-6+,12-10+. The number of allylic oxidation sites excluding steroid dienone is 2. The van der Waals surface area contributed by atoms with E-state index < -0.39 is 6.23 Å². The lowest BCUT2D eigenvalue weighted by molar-refractivity contribution is 0.0636. The van der Waals surface area contributed by atoms with Crippen molar-refractivity contribution in [3.63, 3.8) is 0 Å². The summed E-state index contributed by atoms with van der Waals surface area (Å²) < 4.78 is 0. The Hall–Kier alpha value is -0.540. The van der Waals surface area contributed by atoms with Crippen molar-refractivity contribution in [2.75, 3.05) is 7.05 Å². The lowest BCUT2D eigenvalue weighted by atomic mass is 10.3. The number of halogens is 1. The van der Waals surface area contributed by atoms with Gasteiger partial charge in [0, 0.05) is 18.8 Å². The molecule has 0 saturated carbocycles. The first-order chi connectivity index (χ1) is 6.34. The third-order valence-electron chi connectivity index (χ3n) is 1.83. The third kappa shape index (κ3) is 5.25. The molecule has 0 aromatic carbocycles. The number of hydrogen-bond donors (Lipinski definition) is 1. The lowest BCUT2D eigenvalue weighted by Gasteiger charge is -2.22. The molecule has 0 rings (SSSR count). The molecule has 0 aromatic heterocycles. The minimum atomic E-state index is -0.519. The summed E-state index contributed by atoms with van der Waals surface area (Å²) in [5, 5.41) is 9.75. The summed E-state index contributed by atoms with van der Waals surface area (Å²) in [5.74, 6) is 0. The Morgan fingerprint density at radius 3 is 2.29 bits per heavy atom. The van der Waals surface area contributed by atoms with Crippen LogP contribution in [0, 0.1) is 0 Å². The van der Waals surface area contributed by atoms with E-state index >= 15 is 0 Å². The fourth-order valence-electron chi connectivity index (χ4n) is 0.853. The van der Waals surface area contributed by atoms with Crippen molar-refractivity contribution in [2.45, 2.75) is 40.0 Å². The SMILES string of the molecule is C/C(=C\C(Cl)=N/C(C)C)N(C)C(C)O. The van der Waals surface area contributed by atoms with Crippen LogP contribution in [-0.4, -0.2) is 34.5 Å². The molecule has 0 radical (unpaired) electrons. The van der Waals surface area contributed by atoms with E-state index in [0.717, 1.165) is 5.70 Å². The highest BCUT2D eigenvalue weighted by Crippen LogP contribution is 2.06. The molecule has 0 saturated heterocycles. The summed E-state index contributed by atoms with van der Waals surface area (Å²) in [5.41, 5.74) is 0.884. The molecule has 0 amide bonds. The van der Waals surface area contributed by atoms with Crippen LogP contribution < -0.4 is 0 Å². The first-order valence-corrected chi connectivity index (χ1v) is 5.05. The predicted molar refractivity (Wildman–Crippen MR) is 61.6 cm³/mol. The van der Waals surface area contributed by atoms with Gasteiger partial charge in [0.1, 0.15) is 11.4 Å². The zero-order valence-corrected chi connectivity index (χ0v) is 10.2. The van der Waals surface area contributed by atoms with Crippen LogP contribution in [0.4, 0.5) is 0 Å². The highest BCUT2D eigenvalue weighted by atomic mass is 35.5. The number of rotatable bonds is 4. The molecular weight excluding hydrogens is 200 g/mol. The average Bonchev–Trinajstić information content (AvgIpc) is 2.00. The molecule has 14 heavy (non-hydrogen) atoms. The summed E-state index contributed by atoms with van der Waals surface area (Å²) in [7, 11) is 1.80. The molecule has 1 N–H and O–H groups in total. The zero-order valence-electron chi connectivity index (χ0n) is 9.45. The van der Waals surface area contributed by atoms with Crippen molar-refractivity contribution in [1.29, 1.82) is 0 Å². The Kier molecular flexibility index (Phi) is 5.81. The van der Waals surface area contributed by atoms with Crippen molar-refractivity contribution in [2.24, 2.45) is 4.99 Å². The van der Waals surface area contributed by atoms with E-state index in [2.05, 4.69) is 4.99 Å². The Bertz CT molecular complexity index is 234. The summed E-state index contributed by atoms with van der Waals surface area (Å²) in [6.07, 6.45) is 1.23. The first kappa shape index (κ1) is 13.5. The molecule has 0 aliphatic carbocycles. The molecule has 1 atom stereocenters. The van der Waals surface area contributed by atoms with Crippen molar-refractivity contribution in [1.82, 2.24) is 4.90 Å². The largest absolute Gasteiger partial charge is 0.374 e. The van der Waals surface area contributed by atoms with E-state index in [0.29, 0.717) is 5.17 Å². The molecule has 82 valence electrons. The van der Waals surface area contributed by atoms with Crippen molar-refractivity contribution < 1.29 is 5.11 Å². The Balaban J connectivity index is 4.51. The smallest absolute Gasteiger partial charge is 0.125 e. The maximum absolute atomic E-state index is 9.29. The van der Waals surface area contributed by atoms with Crippen LogP contribution in [0.3, 0.4) is 0 Å². The lowest BCUT2D eigenvalue weighted by Crippen LogP contribution is -2.26. The number of hydrogen-bond acceptors (Lipinski definition) is 3. The summed E-state index contributed by atoms with van der Waals surface area (Å²) in [6, 6.07) is 0.184. The molecule has 0 aromatic rings. The van der Waals surface area contributed by atoms with Gasteiger partial charge >= 0.3 is 0 Å². The molecule has 0 heterocycles. The monoisotopic (exact) mass is 218 g/mol. The molecule has 0 aliphatic heterocycles. The average molecular weight is 219 g/mol. The van der Waals surface area contributed by atoms with Gasteiger partial charge in [-0.05, 0) is 33.8 Å². The second-order valence-corrected chi connectivity index (χ2v) is 3.96. The molecule has 0 fully saturated rings. The van der Waals surface area contributed by atoms with Gasteiger partial charge in [-0.25, -0.2) is 0 Å². The molecule has 1 unspecified atom stereocenters. The normalized spacial score (nSPS) is 16.0. The summed E-state index contributed by atoms with van der Waals surface area (Å²) >= 11 is 5.88. The van der Waals surface area contributed by atoms with E-state index in [1.165, 1.54) is 0 Å². The Morgan fingerprint density at radius 2 is 1.93 bits per heavy atom.